The molecule has 0 aliphatic carbocycles. The van der Waals surface area contributed by atoms with Gasteiger partial charge in [0.05, 0.1) is 12.1 Å². The van der Waals surface area contributed by atoms with Crippen molar-refractivity contribution < 1.29 is 18.3 Å². The predicted octanol–water partition coefficient (Wildman–Crippen LogP) is 2.85. The number of ether oxygens (including phenoxy) is 1. The van der Waals surface area contributed by atoms with Crippen molar-refractivity contribution in [2.75, 3.05) is 18.4 Å². The van der Waals surface area contributed by atoms with Crippen LogP contribution in [0.1, 0.15) is 19.3 Å². The minimum absolute atomic E-state index is 0.102. The molecule has 136 valence electrons. The fourth-order valence-corrected chi connectivity index (χ4v) is 5.03. The average Bonchev–Trinajstić information content (AvgIpc) is 2.77. The summed E-state index contributed by atoms with van der Waals surface area (Å²) in [4.78, 5) is 12.6. The molecule has 1 amide bonds. The molecular formula is C19H20N2O4S. The van der Waals surface area contributed by atoms with Crippen LogP contribution in [-0.4, -0.2) is 33.5 Å². The highest BCUT2D eigenvalue weighted by Gasteiger charge is 2.45. The molecule has 1 spiro atoms. The summed E-state index contributed by atoms with van der Waals surface area (Å²) in [6.45, 7) is 0.652. The summed E-state index contributed by atoms with van der Waals surface area (Å²) in [5, 5.41) is 2.87. The van der Waals surface area contributed by atoms with Gasteiger partial charge in [0, 0.05) is 25.9 Å². The van der Waals surface area contributed by atoms with Crippen molar-refractivity contribution in [3.63, 3.8) is 0 Å². The van der Waals surface area contributed by atoms with Crippen LogP contribution in [0.5, 0.6) is 5.75 Å². The van der Waals surface area contributed by atoms with E-state index in [9.17, 15) is 13.6 Å². The normalized spacial score (nSPS) is 21.8. The van der Waals surface area contributed by atoms with E-state index in [2.05, 4.69) is 5.32 Å². The Morgan fingerprint density at radius 2 is 1.69 bits per heavy atom. The monoisotopic (exact) mass is 372 g/mol. The van der Waals surface area contributed by atoms with Gasteiger partial charge >= 0.3 is 0 Å². The van der Waals surface area contributed by atoms with E-state index in [1.54, 1.807) is 36.4 Å². The van der Waals surface area contributed by atoms with E-state index in [4.69, 9.17) is 4.74 Å². The van der Waals surface area contributed by atoms with Crippen molar-refractivity contribution >= 4 is 22.0 Å². The molecule has 0 saturated carbocycles. The first-order chi connectivity index (χ1) is 12.5. The number of carbonyl (C=O) groups excluding carboxylic acids is 1. The molecule has 2 aromatic carbocycles. The van der Waals surface area contributed by atoms with Gasteiger partial charge in [-0.2, -0.15) is 0 Å². The van der Waals surface area contributed by atoms with E-state index >= 15 is 0 Å². The molecule has 2 aliphatic heterocycles. The second-order valence-electron chi connectivity index (χ2n) is 6.72. The van der Waals surface area contributed by atoms with E-state index < -0.39 is 16.0 Å². The second kappa shape index (κ2) is 6.50. The zero-order chi connectivity index (χ0) is 18.2. The maximum Gasteiger partial charge on any atom is 0.228 e. The van der Waals surface area contributed by atoms with E-state index in [0.717, 1.165) is 0 Å². The summed E-state index contributed by atoms with van der Waals surface area (Å²) < 4.78 is 33.3. The van der Waals surface area contributed by atoms with Gasteiger partial charge < -0.3 is 14.6 Å². The Hall–Kier alpha value is -2.22. The lowest BCUT2D eigenvalue weighted by Gasteiger charge is -2.40. The zero-order valence-corrected chi connectivity index (χ0v) is 15.0. The van der Waals surface area contributed by atoms with Gasteiger partial charge in [-0.15, -0.1) is 4.31 Å². The zero-order valence-electron chi connectivity index (χ0n) is 14.2. The molecule has 1 N–H and O–H groups in total. The van der Waals surface area contributed by atoms with Crippen LogP contribution in [0.25, 0.3) is 0 Å². The van der Waals surface area contributed by atoms with Gasteiger partial charge in [0.2, 0.25) is 5.91 Å². The Morgan fingerprint density at radius 3 is 2.42 bits per heavy atom. The maximum absolute atomic E-state index is 12.8. The van der Waals surface area contributed by atoms with Crippen LogP contribution >= 0.6 is 0 Å². The van der Waals surface area contributed by atoms with Crippen LogP contribution in [0, 0.1) is 0 Å². The number of sulfonamides is 1. The summed E-state index contributed by atoms with van der Waals surface area (Å²) in [5.74, 6) is 0.534. The summed E-state index contributed by atoms with van der Waals surface area (Å²) >= 11 is 0. The van der Waals surface area contributed by atoms with Gasteiger partial charge in [-0.3, -0.25) is 4.79 Å². The smallest absolute Gasteiger partial charge is 0.228 e. The van der Waals surface area contributed by atoms with Gasteiger partial charge in [0.1, 0.15) is 11.4 Å². The lowest BCUT2D eigenvalue weighted by molar-refractivity contribution is -0.120. The molecule has 0 radical (unpaired) electrons. The number of piperidine rings is 1. The van der Waals surface area contributed by atoms with Crippen molar-refractivity contribution in [1.29, 1.82) is 0 Å². The number of amides is 1. The standard InChI is InChI=1S/C19H20N2O4S/c22-18-14-19(25-17-9-5-4-8-16(17)20-18)10-12-21(13-11-19)26(23,24)15-6-2-1-3-7-15/h1-9H,10-14H2,(H-,20,22,23,24). The molecule has 6 nitrogen and oxygen atoms in total. The predicted molar refractivity (Wildman–Crippen MR) is 97.4 cm³/mol. The van der Waals surface area contributed by atoms with Gasteiger partial charge in [0.25, 0.3) is 0 Å². The van der Waals surface area contributed by atoms with E-state index in [1.165, 1.54) is 4.31 Å². The molecule has 0 aromatic heterocycles. The molecule has 7 heteroatoms. The second-order valence-corrected chi connectivity index (χ2v) is 8.66. The number of benzene rings is 2. The Balaban J connectivity index is 1.54. The molecule has 1 atom stereocenters. The molecule has 2 aromatic rings. The van der Waals surface area contributed by atoms with E-state index in [1.807, 2.05) is 18.2 Å². The average molecular weight is 372 g/mol. The topological polar surface area (TPSA) is 81.7 Å². The number of carbonyl (C=O) groups is 1. The number of para-hydroxylation sites is 2. The number of hydrogen-bond donors (Lipinski definition) is 1. The lowest BCUT2D eigenvalue weighted by atomic mass is 9.88. The number of nitrogens with zero attached hydrogens (tertiary/aromatic N) is 1. The van der Waals surface area contributed by atoms with E-state index in [-0.39, 0.29) is 12.3 Å². The molecule has 4 rings (SSSR count). The molecule has 1 saturated heterocycles. The van der Waals surface area contributed by atoms with Crippen LogP contribution in [0.4, 0.5) is 5.69 Å². The highest BCUT2D eigenvalue weighted by Crippen LogP contribution is 2.39. The van der Waals surface area contributed by atoms with Crippen molar-refractivity contribution in [2.24, 2.45) is 0 Å². The first-order valence-corrected chi connectivity index (χ1v) is 10.1. The molecule has 1 unspecified atom stereocenters. The summed E-state index contributed by atoms with van der Waals surface area (Å²) in [5.41, 5.74) is -0.00642. The van der Waals surface area contributed by atoms with Gasteiger partial charge in [-0.25, -0.2) is 0 Å². The minimum Gasteiger partial charge on any atom is -0.593 e. The van der Waals surface area contributed by atoms with E-state index in [0.29, 0.717) is 42.3 Å². The van der Waals surface area contributed by atoms with Gasteiger partial charge in [-0.05, 0) is 24.3 Å². The first kappa shape index (κ1) is 17.2. The fraction of sp³-hybridized carbons (Fsp3) is 0.316. The van der Waals surface area contributed by atoms with Crippen LogP contribution in [-0.2, 0) is 19.4 Å². The Labute approximate surface area is 153 Å². The Bertz CT molecular complexity index is 863. The Morgan fingerprint density at radius 1 is 1.04 bits per heavy atom. The third-order valence-corrected chi connectivity index (χ3v) is 6.90. The van der Waals surface area contributed by atoms with Gasteiger partial charge in [0.15, 0.2) is 15.3 Å². The van der Waals surface area contributed by atoms with Crippen molar-refractivity contribution in [1.82, 2.24) is 4.31 Å². The van der Waals surface area contributed by atoms with Crippen molar-refractivity contribution in [3.05, 3.63) is 54.6 Å². The minimum atomic E-state index is -3.52. The summed E-state index contributed by atoms with van der Waals surface area (Å²) in [6.07, 6.45) is 1.17. The molecule has 26 heavy (non-hydrogen) atoms. The molecule has 1 fully saturated rings. The molecule has 2 heterocycles. The SMILES string of the molecule is O=C1CC2(CCN([S+](=O)([O-])c3ccccc3)CC2)Oc2ccccc2N1. The van der Waals surface area contributed by atoms with Crippen molar-refractivity contribution in [2.45, 2.75) is 29.8 Å². The molecule has 2 aliphatic rings. The maximum atomic E-state index is 12.8. The number of hydrogen-bond acceptors (Lipinski definition) is 4. The fourth-order valence-electron chi connectivity index (χ4n) is 3.57. The lowest BCUT2D eigenvalue weighted by Crippen LogP contribution is -2.52. The third kappa shape index (κ3) is 3.13. The number of anilines is 1. The third-order valence-electron chi connectivity index (χ3n) is 4.98. The molecular weight excluding hydrogens is 352 g/mol. The van der Waals surface area contributed by atoms with Crippen molar-refractivity contribution in [3.8, 4) is 5.75 Å². The van der Waals surface area contributed by atoms with Crippen LogP contribution in [0.3, 0.4) is 0 Å². The Kier molecular flexibility index (Phi) is 4.30. The summed E-state index contributed by atoms with van der Waals surface area (Å²) in [6, 6.07) is 15.8. The number of rotatable bonds is 2. The van der Waals surface area contributed by atoms with Crippen LogP contribution < -0.4 is 10.1 Å². The highest BCUT2D eigenvalue weighted by molar-refractivity contribution is 7.95. The number of fused-ring (bicyclic) bond motifs is 1. The first-order valence-electron chi connectivity index (χ1n) is 8.62. The summed E-state index contributed by atoms with van der Waals surface area (Å²) in [7, 11) is -3.52. The van der Waals surface area contributed by atoms with Crippen LogP contribution in [0.15, 0.2) is 59.5 Å². The highest BCUT2D eigenvalue weighted by atomic mass is 32.3. The van der Waals surface area contributed by atoms with Crippen LogP contribution in [0.2, 0.25) is 0 Å². The molecule has 0 bridgehead atoms. The largest absolute Gasteiger partial charge is 0.593 e. The number of nitrogens with one attached hydrogen (secondary N) is 1. The quantitative estimate of drug-likeness (QED) is 0.822. The van der Waals surface area contributed by atoms with Gasteiger partial charge in [-0.1, -0.05) is 34.5 Å².